The molecule has 0 fully saturated rings. The van der Waals surface area contributed by atoms with Crippen molar-refractivity contribution in [2.24, 2.45) is 0 Å². The molecule has 0 saturated carbocycles. The first kappa shape index (κ1) is 17.8. The van der Waals surface area contributed by atoms with E-state index in [2.05, 4.69) is 10.6 Å². The van der Waals surface area contributed by atoms with Crippen LogP contribution < -0.4 is 15.4 Å². The van der Waals surface area contributed by atoms with E-state index in [4.69, 9.17) is 14.2 Å². The van der Waals surface area contributed by atoms with Crippen LogP contribution in [-0.4, -0.2) is 38.9 Å². The van der Waals surface area contributed by atoms with Crippen molar-refractivity contribution in [3.05, 3.63) is 41.1 Å². The normalized spacial score (nSPS) is 17.1. The van der Waals surface area contributed by atoms with Crippen molar-refractivity contribution in [3.8, 4) is 5.75 Å². The van der Waals surface area contributed by atoms with Gasteiger partial charge in [-0.05, 0) is 31.5 Å². The Bertz CT molecular complexity index is 624. The van der Waals surface area contributed by atoms with Gasteiger partial charge in [0.15, 0.2) is 0 Å². The lowest BCUT2D eigenvalue weighted by Crippen LogP contribution is -2.45. The molecule has 0 radical (unpaired) electrons. The van der Waals surface area contributed by atoms with Crippen LogP contribution in [0.2, 0.25) is 0 Å². The lowest BCUT2D eigenvalue weighted by molar-refractivity contribution is -0.141. The molecule has 1 unspecified atom stereocenters. The van der Waals surface area contributed by atoms with Gasteiger partial charge in [-0.1, -0.05) is 12.1 Å². The molecule has 2 rings (SSSR count). The first-order valence-corrected chi connectivity index (χ1v) is 7.74. The van der Waals surface area contributed by atoms with Crippen LogP contribution in [-0.2, 0) is 14.3 Å². The SMILES string of the molecule is CCOCCOC(=O)C1=C(C)NC(=O)NC1c1ccc(OC)cc1. The Morgan fingerprint density at radius 1 is 1.21 bits per heavy atom. The van der Waals surface area contributed by atoms with Crippen molar-refractivity contribution < 1.29 is 23.8 Å². The molecule has 0 saturated heterocycles. The monoisotopic (exact) mass is 334 g/mol. The van der Waals surface area contributed by atoms with Gasteiger partial charge in [0.25, 0.3) is 0 Å². The molecule has 1 atom stereocenters. The predicted molar refractivity (Wildman–Crippen MR) is 87.6 cm³/mol. The fourth-order valence-electron chi connectivity index (χ4n) is 2.43. The zero-order valence-corrected chi connectivity index (χ0v) is 14.0. The van der Waals surface area contributed by atoms with Gasteiger partial charge in [-0.15, -0.1) is 0 Å². The van der Waals surface area contributed by atoms with E-state index in [0.29, 0.717) is 30.2 Å². The third-order valence-corrected chi connectivity index (χ3v) is 3.60. The summed E-state index contributed by atoms with van der Waals surface area (Å²) in [7, 11) is 1.58. The minimum absolute atomic E-state index is 0.159. The molecule has 2 N–H and O–H groups in total. The molecule has 1 aliphatic rings. The van der Waals surface area contributed by atoms with E-state index in [0.717, 1.165) is 5.56 Å². The number of allylic oxidation sites excluding steroid dienone is 1. The second-order valence-electron chi connectivity index (χ2n) is 5.18. The first-order valence-electron chi connectivity index (χ1n) is 7.74. The molecule has 2 amide bonds. The Kier molecular flexibility index (Phi) is 6.20. The number of amides is 2. The number of hydrogen-bond acceptors (Lipinski definition) is 5. The van der Waals surface area contributed by atoms with Crippen molar-refractivity contribution in [2.45, 2.75) is 19.9 Å². The maximum absolute atomic E-state index is 12.4. The van der Waals surface area contributed by atoms with Crippen molar-refractivity contribution in [1.82, 2.24) is 10.6 Å². The molecule has 0 bridgehead atoms. The summed E-state index contributed by atoms with van der Waals surface area (Å²) in [5.41, 5.74) is 1.61. The van der Waals surface area contributed by atoms with Gasteiger partial charge in [-0.2, -0.15) is 0 Å². The van der Waals surface area contributed by atoms with Crippen LogP contribution in [0.1, 0.15) is 25.5 Å². The van der Waals surface area contributed by atoms with Crippen LogP contribution in [0, 0.1) is 0 Å². The summed E-state index contributed by atoms with van der Waals surface area (Å²) < 4.78 is 15.5. The Hall–Kier alpha value is -2.54. The van der Waals surface area contributed by atoms with Crippen LogP contribution in [0.5, 0.6) is 5.75 Å². The molecule has 1 aromatic carbocycles. The maximum Gasteiger partial charge on any atom is 0.338 e. The average molecular weight is 334 g/mol. The Labute approximate surface area is 141 Å². The molecule has 0 aromatic heterocycles. The first-order chi connectivity index (χ1) is 11.6. The largest absolute Gasteiger partial charge is 0.497 e. The van der Waals surface area contributed by atoms with E-state index in [1.165, 1.54) is 0 Å². The molecule has 1 aliphatic heterocycles. The summed E-state index contributed by atoms with van der Waals surface area (Å²) in [6.45, 7) is 4.60. The summed E-state index contributed by atoms with van der Waals surface area (Å²) in [6, 6.07) is 6.21. The average Bonchev–Trinajstić information content (AvgIpc) is 2.58. The number of carbonyl (C=O) groups excluding carboxylic acids is 2. The van der Waals surface area contributed by atoms with Crippen molar-refractivity contribution in [2.75, 3.05) is 26.9 Å². The highest BCUT2D eigenvalue weighted by Crippen LogP contribution is 2.28. The number of esters is 1. The summed E-state index contributed by atoms with van der Waals surface area (Å²) in [5.74, 6) is 0.209. The summed E-state index contributed by atoms with van der Waals surface area (Å²) >= 11 is 0. The topological polar surface area (TPSA) is 85.9 Å². The molecular formula is C17H22N2O5. The van der Waals surface area contributed by atoms with Crippen LogP contribution in [0.15, 0.2) is 35.5 Å². The second-order valence-corrected chi connectivity index (χ2v) is 5.18. The molecule has 1 heterocycles. The van der Waals surface area contributed by atoms with Gasteiger partial charge in [-0.3, -0.25) is 0 Å². The summed E-state index contributed by atoms with van der Waals surface area (Å²) in [4.78, 5) is 24.2. The zero-order chi connectivity index (χ0) is 17.5. The molecule has 130 valence electrons. The van der Waals surface area contributed by atoms with Gasteiger partial charge < -0.3 is 24.8 Å². The van der Waals surface area contributed by atoms with Gasteiger partial charge >= 0.3 is 12.0 Å². The minimum atomic E-state index is -0.579. The number of hydrogen-bond donors (Lipinski definition) is 2. The fourth-order valence-corrected chi connectivity index (χ4v) is 2.43. The van der Waals surface area contributed by atoms with Gasteiger partial charge in [0, 0.05) is 12.3 Å². The summed E-state index contributed by atoms with van der Waals surface area (Å²) in [5, 5.41) is 5.36. The van der Waals surface area contributed by atoms with E-state index in [1.807, 2.05) is 6.92 Å². The molecule has 0 spiro atoms. The Balaban J connectivity index is 2.21. The number of nitrogens with one attached hydrogen (secondary N) is 2. The second kappa shape index (κ2) is 8.35. The Morgan fingerprint density at radius 3 is 2.54 bits per heavy atom. The lowest BCUT2D eigenvalue weighted by atomic mass is 9.95. The lowest BCUT2D eigenvalue weighted by Gasteiger charge is -2.28. The number of ether oxygens (including phenoxy) is 3. The number of benzene rings is 1. The maximum atomic E-state index is 12.4. The predicted octanol–water partition coefficient (Wildman–Crippen LogP) is 1.90. The minimum Gasteiger partial charge on any atom is -0.497 e. The Morgan fingerprint density at radius 2 is 1.92 bits per heavy atom. The number of carbonyl (C=O) groups is 2. The van der Waals surface area contributed by atoms with Crippen LogP contribution in [0.25, 0.3) is 0 Å². The highest BCUT2D eigenvalue weighted by molar-refractivity contribution is 5.95. The quantitative estimate of drug-likeness (QED) is 0.587. The third-order valence-electron chi connectivity index (χ3n) is 3.60. The van der Waals surface area contributed by atoms with Crippen LogP contribution in [0.3, 0.4) is 0 Å². The molecule has 7 heteroatoms. The van der Waals surface area contributed by atoms with Crippen LogP contribution in [0.4, 0.5) is 4.79 Å². The summed E-state index contributed by atoms with van der Waals surface area (Å²) in [6.07, 6.45) is 0. The number of methoxy groups -OCH3 is 1. The van der Waals surface area contributed by atoms with Crippen LogP contribution >= 0.6 is 0 Å². The highest BCUT2D eigenvalue weighted by Gasteiger charge is 2.32. The number of rotatable bonds is 7. The number of urea groups is 1. The van der Waals surface area contributed by atoms with Gasteiger partial charge in [0.05, 0.1) is 25.3 Å². The van der Waals surface area contributed by atoms with Gasteiger partial charge in [-0.25, -0.2) is 9.59 Å². The smallest absolute Gasteiger partial charge is 0.338 e. The van der Waals surface area contributed by atoms with E-state index in [-0.39, 0.29) is 12.6 Å². The third kappa shape index (κ3) is 4.26. The fraction of sp³-hybridized carbons (Fsp3) is 0.412. The molecule has 7 nitrogen and oxygen atoms in total. The highest BCUT2D eigenvalue weighted by atomic mass is 16.6. The zero-order valence-electron chi connectivity index (χ0n) is 14.0. The van der Waals surface area contributed by atoms with E-state index in [9.17, 15) is 9.59 Å². The van der Waals surface area contributed by atoms with Crippen molar-refractivity contribution >= 4 is 12.0 Å². The van der Waals surface area contributed by atoms with E-state index in [1.54, 1.807) is 38.3 Å². The van der Waals surface area contributed by atoms with Gasteiger partial charge in [0.1, 0.15) is 12.4 Å². The standard InChI is InChI=1S/C17H22N2O5/c1-4-23-9-10-24-16(20)14-11(2)18-17(21)19-15(14)12-5-7-13(22-3)8-6-12/h5-8,15H,4,9-10H2,1-3H3,(H2,18,19,21). The molecule has 24 heavy (non-hydrogen) atoms. The molecule has 1 aromatic rings. The van der Waals surface area contributed by atoms with Gasteiger partial charge in [0.2, 0.25) is 0 Å². The molecular weight excluding hydrogens is 312 g/mol. The molecule has 0 aliphatic carbocycles. The van der Waals surface area contributed by atoms with E-state index >= 15 is 0 Å². The van der Waals surface area contributed by atoms with Crippen molar-refractivity contribution in [3.63, 3.8) is 0 Å². The van der Waals surface area contributed by atoms with E-state index < -0.39 is 12.0 Å². The van der Waals surface area contributed by atoms with Crippen molar-refractivity contribution in [1.29, 1.82) is 0 Å².